The summed E-state index contributed by atoms with van der Waals surface area (Å²) in [6, 6.07) is 0.452. The second-order valence-corrected chi connectivity index (χ2v) is 9.90. The molecule has 3 rings (SSSR count). The summed E-state index contributed by atoms with van der Waals surface area (Å²) in [5.41, 5.74) is 2.34. The second-order valence-electron chi connectivity index (χ2n) is 9.90. The quantitative estimate of drug-likeness (QED) is 0.356. The van der Waals surface area contributed by atoms with Gasteiger partial charge in [0, 0.05) is 18.9 Å². The van der Waals surface area contributed by atoms with Crippen molar-refractivity contribution < 1.29 is 14.7 Å². The molecular weight excluding hydrogens is 386 g/mol. The van der Waals surface area contributed by atoms with Gasteiger partial charge >= 0.3 is 0 Å². The summed E-state index contributed by atoms with van der Waals surface area (Å²) >= 11 is 0. The van der Waals surface area contributed by atoms with Crippen LogP contribution in [0.2, 0.25) is 0 Å². The lowest BCUT2D eigenvalue weighted by atomic mass is 9.87. The Hall–Kier alpha value is -1.68. The predicted octanol–water partition coefficient (Wildman–Crippen LogP) is 5.56. The molecule has 0 heterocycles. The molecule has 3 atom stereocenters. The van der Waals surface area contributed by atoms with Crippen molar-refractivity contribution in [1.82, 2.24) is 5.32 Å². The first kappa shape index (κ1) is 24.0. The first-order chi connectivity index (χ1) is 15.0. The molecule has 4 nitrogen and oxygen atoms in total. The minimum atomic E-state index is -0.300. The third kappa shape index (κ3) is 8.40. The van der Waals surface area contributed by atoms with E-state index in [4.69, 9.17) is 0 Å². The van der Waals surface area contributed by atoms with Crippen molar-refractivity contribution in [3.63, 3.8) is 0 Å². The fraction of sp³-hybridized carbons (Fsp3) is 0.704. The monoisotopic (exact) mass is 427 g/mol. The molecule has 172 valence electrons. The van der Waals surface area contributed by atoms with Crippen LogP contribution in [0.4, 0.5) is 0 Å². The van der Waals surface area contributed by atoms with E-state index in [1.807, 2.05) is 0 Å². The molecule has 1 saturated carbocycles. The number of hydrogen-bond donors (Lipinski definition) is 2. The fourth-order valence-electron chi connectivity index (χ4n) is 4.81. The smallest absolute Gasteiger partial charge is 0.220 e. The summed E-state index contributed by atoms with van der Waals surface area (Å²) in [6.07, 6.45) is 21.5. The summed E-state index contributed by atoms with van der Waals surface area (Å²) in [6.45, 7) is 2.13. The van der Waals surface area contributed by atoms with Crippen molar-refractivity contribution in [2.24, 2.45) is 11.8 Å². The van der Waals surface area contributed by atoms with Crippen molar-refractivity contribution in [1.29, 1.82) is 0 Å². The molecule has 0 saturated heterocycles. The van der Waals surface area contributed by atoms with Gasteiger partial charge in [0.1, 0.15) is 0 Å². The highest BCUT2D eigenvalue weighted by Crippen LogP contribution is 2.33. The first-order valence-corrected chi connectivity index (χ1v) is 12.6. The van der Waals surface area contributed by atoms with E-state index in [1.54, 1.807) is 0 Å². The lowest BCUT2D eigenvalue weighted by Crippen LogP contribution is -2.24. The van der Waals surface area contributed by atoms with Crippen LogP contribution in [-0.4, -0.2) is 28.9 Å². The number of ketones is 1. The minimum Gasteiger partial charge on any atom is -0.393 e. The molecule has 0 spiro atoms. The molecule has 1 amide bonds. The van der Waals surface area contributed by atoms with Crippen molar-refractivity contribution in [3.8, 4) is 0 Å². The normalized spacial score (nSPS) is 22.8. The zero-order valence-electron chi connectivity index (χ0n) is 19.3. The van der Waals surface area contributed by atoms with Gasteiger partial charge in [-0.05, 0) is 81.6 Å². The topological polar surface area (TPSA) is 66.4 Å². The Labute approximate surface area is 188 Å². The molecule has 0 aliphatic heterocycles. The molecule has 2 N–H and O–H groups in total. The molecule has 1 fully saturated rings. The van der Waals surface area contributed by atoms with Crippen LogP contribution < -0.4 is 5.32 Å². The second kappa shape index (κ2) is 12.4. The number of aliphatic hydroxyl groups is 1. The van der Waals surface area contributed by atoms with Gasteiger partial charge in [0.05, 0.1) is 6.10 Å². The van der Waals surface area contributed by atoms with Gasteiger partial charge in [0.2, 0.25) is 5.91 Å². The average Bonchev–Trinajstić information content (AvgIpc) is 3.52. The Balaban J connectivity index is 1.34. The van der Waals surface area contributed by atoms with Crippen LogP contribution in [0, 0.1) is 11.8 Å². The van der Waals surface area contributed by atoms with Gasteiger partial charge in [0.25, 0.3) is 0 Å². The number of carbonyl (C=O) groups excluding carboxylic acids is 2. The van der Waals surface area contributed by atoms with Gasteiger partial charge in [0.15, 0.2) is 5.78 Å². The maximum atomic E-state index is 12.4. The maximum absolute atomic E-state index is 12.4. The third-order valence-electron chi connectivity index (χ3n) is 7.07. The van der Waals surface area contributed by atoms with E-state index in [0.29, 0.717) is 30.6 Å². The average molecular weight is 428 g/mol. The number of aliphatic hydroxyl groups excluding tert-OH is 1. The number of hydrogen-bond acceptors (Lipinski definition) is 3. The fourth-order valence-corrected chi connectivity index (χ4v) is 4.81. The van der Waals surface area contributed by atoms with Gasteiger partial charge in [-0.1, -0.05) is 49.6 Å². The highest BCUT2D eigenvalue weighted by Gasteiger charge is 2.26. The van der Waals surface area contributed by atoms with Crippen LogP contribution >= 0.6 is 0 Å². The van der Waals surface area contributed by atoms with E-state index < -0.39 is 0 Å². The molecule has 0 bridgehead atoms. The summed E-state index contributed by atoms with van der Waals surface area (Å²) in [4.78, 5) is 24.1. The summed E-state index contributed by atoms with van der Waals surface area (Å²) in [5, 5.41) is 13.7. The number of amides is 1. The molecular formula is C27H41NO3. The van der Waals surface area contributed by atoms with Crippen molar-refractivity contribution in [3.05, 3.63) is 35.5 Å². The van der Waals surface area contributed by atoms with Crippen molar-refractivity contribution >= 4 is 11.7 Å². The predicted molar refractivity (Wildman–Crippen MR) is 126 cm³/mol. The van der Waals surface area contributed by atoms with E-state index in [2.05, 4.69) is 36.5 Å². The molecule has 4 heteroatoms. The van der Waals surface area contributed by atoms with Gasteiger partial charge in [-0.15, -0.1) is 0 Å². The van der Waals surface area contributed by atoms with Crippen molar-refractivity contribution in [2.45, 2.75) is 109 Å². The highest BCUT2D eigenvalue weighted by molar-refractivity contribution is 5.98. The highest BCUT2D eigenvalue weighted by atomic mass is 16.3. The largest absolute Gasteiger partial charge is 0.393 e. The number of Topliss-reactive ketones (excluding diaryl/α,β-unsaturated/α-hetero) is 1. The van der Waals surface area contributed by atoms with Crippen LogP contribution in [0.15, 0.2) is 35.5 Å². The van der Waals surface area contributed by atoms with Crippen LogP contribution in [-0.2, 0) is 9.59 Å². The summed E-state index contributed by atoms with van der Waals surface area (Å²) < 4.78 is 0. The van der Waals surface area contributed by atoms with E-state index in [0.717, 1.165) is 82.6 Å². The van der Waals surface area contributed by atoms with Crippen LogP contribution in [0.25, 0.3) is 0 Å². The number of nitrogens with one attached hydrogen (secondary N) is 1. The molecule has 0 aromatic heterocycles. The molecule has 3 aliphatic rings. The molecule has 31 heavy (non-hydrogen) atoms. The van der Waals surface area contributed by atoms with Crippen LogP contribution in [0.3, 0.4) is 0 Å². The molecule has 0 aromatic carbocycles. The maximum Gasteiger partial charge on any atom is 0.220 e. The zero-order chi connectivity index (χ0) is 22.1. The standard InChI is InChI=1S/C27H41NO3/c1-20(25(29)17-13-21-9-5-4-6-10-21)19-22-14-18-26(30)24(22)11-7-2-3-8-12-27(31)28-23-15-16-23/h4-6,9,20-21,23,25,29H,2-3,7-8,10-19H2,1H3,(H,28,31)/t20?,21?,25-/m0/s1. The first-order valence-electron chi connectivity index (χ1n) is 12.6. The molecule has 0 radical (unpaired) electrons. The summed E-state index contributed by atoms with van der Waals surface area (Å²) in [5.74, 6) is 1.26. The number of unbranched alkanes of at least 4 members (excludes halogenated alkanes) is 3. The molecule has 0 aromatic rings. The van der Waals surface area contributed by atoms with Gasteiger partial charge < -0.3 is 10.4 Å². The Kier molecular flexibility index (Phi) is 9.57. The lowest BCUT2D eigenvalue weighted by molar-refractivity contribution is -0.121. The number of allylic oxidation sites excluding steroid dienone is 6. The zero-order valence-corrected chi connectivity index (χ0v) is 19.3. The molecule has 3 aliphatic carbocycles. The van der Waals surface area contributed by atoms with Gasteiger partial charge in [-0.3, -0.25) is 9.59 Å². The van der Waals surface area contributed by atoms with E-state index in [1.165, 1.54) is 5.57 Å². The Morgan fingerprint density at radius 1 is 1.16 bits per heavy atom. The third-order valence-corrected chi connectivity index (χ3v) is 7.07. The van der Waals surface area contributed by atoms with Gasteiger partial charge in [-0.2, -0.15) is 0 Å². The number of carbonyl (C=O) groups is 2. The Morgan fingerprint density at radius 3 is 2.71 bits per heavy atom. The minimum absolute atomic E-state index is 0.196. The van der Waals surface area contributed by atoms with Crippen molar-refractivity contribution in [2.75, 3.05) is 0 Å². The summed E-state index contributed by atoms with van der Waals surface area (Å²) in [7, 11) is 0. The van der Waals surface area contributed by atoms with E-state index in [9.17, 15) is 14.7 Å². The molecule has 2 unspecified atom stereocenters. The van der Waals surface area contributed by atoms with E-state index >= 15 is 0 Å². The SMILES string of the molecule is CC(CC1=C(CCCCCCC(=O)NC2CC2)C(=O)CC1)[C@@H](O)CCC1C=CC=CC1. The Bertz CT molecular complexity index is 701. The Morgan fingerprint density at radius 2 is 1.97 bits per heavy atom. The van der Waals surface area contributed by atoms with Crippen LogP contribution in [0.5, 0.6) is 0 Å². The number of rotatable bonds is 14. The lowest BCUT2D eigenvalue weighted by Gasteiger charge is -2.22. The van der Waals surface area contributed by atoms with Gasteiger partial charge in [-0.25, -0.2) is 0 Å². The van der Waals surface area contributed by atoms with E-state index in [-0.39, 0.29) is 17.9 Å². The van der Waals surface area contributed by atoms with Crippen LogP contribution in [0.1, 0.15) is 96.8 Å².